The first-order valence-corrected chi connectivity index (χ1v) is 11.0. The van der Waals surface area contributed by atoms with Gasteiger partial charge in [0.05, 0.1) is 25.0 Å². The molecule has 0 saturated heterocycles. The number of aromatic nitrogens is 5. The minimum atomic E-state index is -0.157. The van der Waals surface area contributed by atoms with Crippen molar-refractivity contribution in [3.63, 3.8) is 0 Å². The lowest BCUT2D eigenvalue weighted by molar-refractivity contribution is 0.311. The second-order valence-electron chi connectivity index (χ2n) is 6.33. The average Bonchev–Trinajstić information content (AvgIpc) is 3.47. The van der Waals surface area contributed by atoms with Crippen molar-refractivity contribution in [2.75, 3.05) is 36.9 Å². The molecule has 0 atom stereocenters. The zero-order valence-electron chi connectivity index (χ0n) is 17.4. The Kier molecular flexibility index (Phi) is 8.22. The van der Waals surface area contributed by atoms with Gasteiger partial charge in [-0.1, -0.05) is 11.3 Å². The Bertz CT molecular complexity index is 1240. The minimum Gasteiger partial charge on any atom is -0.395 e. The number of aliphatic hydroxyl groups is 2. The third-order valence-electron chi connectivity index (χ3n) is 4.18. The molecule has 3 aromatic heterocycles. The SMILES string of the molecule is Cc1c(C#N)c(NCCO)nc(NCCO)c1N=Nc1nn(-c2nnc(CS)s2)cc1C#N. The van der Waals surface area contributed by atoms with Crippen LogP contribution in [0.3, 0.4) is 0 Å². The monoisotopic (exact) mass is 485 g/mol. The van der Waals surface area contributed by atoms with Crippen LogP contribution in [0.4, 0.5) is 23.1 Å². The standard InChI is InChI=1S/C18H19N11O2S2/c1-10-12(7-20)16(21-2-4-30)23-17(22-3-5-31)14(10)25-26-15-11(6-19)8-29(28-15)18-27-24-13(9-32)33-18/h8,30-32H,2-5,9H2,1H3,(H2,21,22,23). The molecule has 4 N–H and O–H groups in total. The van der Waals surface area contributed by atoms with Gasteiger partial charge in [-0.15, -0.1) is 25.5 Å². The molecule has 3 heterocycles. The molecule has 0 aliphatic carbocycles. The molecule has 0 spiro atoms. The van der Waals surface area contributed by atoms with Crippen molar-refractivity contribution in [2.45, 2.75) is 12.7 Å². The molecule has 0 radical (unpaired) electrons. The van der Waals surface area contributed by atoms with Crippen LogP contribution in [0.2, 0.25) is 0 Å². The van der Waals surface area contributed by atoms with Crippen LogP contribution >= 0.6 is 24.0 Å². The summed E-state index contributed by atoms with van der Waals surface area (Å²) in [5, 5.41) is 64.9. The molecule has 33 heavy (non-hydrogen) atoms. The highest BCUT2D eigenvalue weighted by Crippen LogP contribution is 2.35. The van der Waals surface area contributed by atoms with E-state index in [1.54, 1.807) is 6.92 Å². The van der Waals surface area contributed by atoms with E-state index in [2.05, 4.69) is 59.8 Å². The van der Waals surface area contributed by atoms with E-state index in [4.69, 9.17) is 5.11 Å². The Morgan fingerprint density at radius 1 is 1.12 bits per heavy atom. The molecular weight excluding hydrogens is 466 g/mol. The number of rotatable bonds is 10. The summed E-state index contributed by atoms with van der Waals surface area (Å²) in [6.45, 7) is 1.76. The molecule has 3 aromatic rings. The number of anilines is 2. The van der Waals surface area contributed by atoms with Gasteiger partial charge in [-0.25, -0.2) is 9.67 Å². The van der Waals surface area contributed by atoms with E-state index < -0.39 is 0 Å². The Balaban J connectivity index is 2.03. The molecule has 0 aromatic carbocycles. The fourth-order valence-electron chi connectivity index (χ4n) is 2.67. The van der Waals surface area contributed by atoms with E-state index in [0.717, 1.165) is 0 Å². The highest BCUT2D eigenvalue weighted by atomic mass is 32.1. The fraction of sp³-hybridized carbons (Fsp3) is 0.333. The fourth-order valence-corrected chi connectivity index (χ4v) is 3.55. The van der Waals surface area contributed by atoms with E-state index in [0.29, 0.717) is 21.5 Å². The van der Waals surface area contributed by atoms with Gasteiger partial charge in [0.25, 0.3) is 0 Å². The van der Waals surface area contributed by atoms with Gasteiger partial charge in [-0.3, -0.25) is 0 Å². The summed E-state index contributed by atoms with van der Waals surface area (Å²) in [5.41, 5.74) is 1.11. The molecule has 0 unspecified atom stereocenters. The predicted octanol–water partition coefficient (Wildman–Crippen LogP) is 1.82. The second kappa shape index (κ2) is 11.3. The van der Waals surface area contributed by atoms with Gasteiger partial charge in [0.1, 0.15) is 34.2 Å². The molecule has 15 heteroatoms. The highest BCUT2D eigenvalue weighted by Gasteiger charge is 2.18. The molecule has 13 nitrogen and oxygen atoms in total. The van der Waals surface area contributed by atoms with Crippen molar-refractivity contribution in [1.29, 1.82) is 10.5 Å². The van der Waals surface area contributed by atoms with E-state index in [1.165, 1.54) is 22.2 Å². The van der Waals surface area contributed by atoms with E-state index in [9.17, 15) is 15.6 Å². The number of nitrogens with one attached hydrogen (secondary N) is 2. The zero-order chi connectivity index (χ0) is 23.8. The highest BCUT2D eigenvalue weighted by molar-refractivity contribution is 7.79. The van der Waals surface area contributed by atoms with Crippen LogP contribution in [-0.4, -0.2) is 61.5 Å². The molecular formula is C18H19N11O2S2. The van der Waals surface area contributed by atoms with Crippen LogP contribution in [0.5, 0.6) is 0 Å². The largest absolute Gasteiger partial charge is 0.395 e. The topological polar surface area (TPSA) is 193 Å². The number of aliphatic hydroxyl groups excluding tert-OH is 2. The second-order valence-corrected chi connectivity index (χ2v) is 7.69. The minimum absolute atomic E-state index is 0.0496. The van der Waals surface area contributed by atoms with Crippen LogP contribution in [0.15, 0.2) is 16.4 Å². The normalized spacial score (nSPS) is 10.8. The average molecular weight is 486 g/mol. The third kappa shape index (κ3) is 5.41. The summed E-state index contributed by atoms with van der Waals surface area (Å²) in [4.78, 5) is 4.36. The summed E-state index contributed by atoms with van der Waals surface area (Å²) >= 11 is 5.44. The van der Waals surface area contributed by atoms with E-state index in [1.807, 2.05) is 6.07 Å². The maximum absolute atomic E-state index is 9.61. The Labute approximate surface area is 197 Å². The zero-order valence-corrected chi connectivity index (χ0v) is 19.1. The van der Waals surface area contributed by atoms with Gasteiger partial charge in [-0.05, 0) is 6.92 Å². The molecule has 0 fully saturated rings. The first-order valence-electron chi connectivity index (χ1n) is 9.55. The van der Waals surface area contributed by atoms with Gasteiger partial charge in [0, 0.05) is 24.4 Å². The summed E-state index contributed by atoms with van der Waals surface area (Å²) in [7, 11) is 0. The number of hydrogen-bond acceptors (Lipinski definition) is 14. The lowest BCUT2D eigenvalue weighted by Crippen LogP contribution is -2.13. The summed E-state index contributed by atoms with van der Waals surface area (Å²) in [5.74, 6) is 1.01. The Morgan fingerprint density at radius 2 is 1.85 bits per heavy atom. The van der Waals surface area contributed by atoms with E-state index in [-0.39, 0.29) is 60.6 Å². The van der Waals surface area contributed by atoms with E-state index >= 15 is 0 Å². The Hall–Kier alpha value is -3.63. The molecule has 0 aliphatic rings. The number of thiol groups is 1. The predicted molar refractivity (Wildman–Crippen MR) is 123 cm³/mol. The molecule has 0 bridgehead atoms. The molecule has 0 amide bonds. The quantitative estimate of drug-likeness (QED) is 0.209. The van der Waals surface area contributed by atoms with Gasteiger partial charge < -0.3 is 20.8 Å². The number of nitrogens with zero attached hydrogens (tertiary/aromatic N) is 9. The maximum Gasteiger partial charge on any atom is 0.232 e. The van der Waals surface area contributed by atoms with Crippen LogP contribution in [0, 0.1) is 29.6 Å². The number of pyridine rings is 1. The van der Waals surface area contributed by atoms with Crippen LogP contribution in [-0.2, 0) is 5.75 Å². The summed E-state index contributed by atoms with van der Waals surface area (Å²) in [6.07, 6.45) is 1.47. The number of nitriles is 2. The maximum atomic E-state index is 9.61. The van der Waals surface area contributed by atoms with Gasteiger partial charge in [-0.2, -0.15) is 23.2 Å². The van der Waals surface area contributed by atoms with Gasteiger partial charge in [0.2, 0.25) is 10.9 Å². The van der Waals surface area contributed by atoms with Crippen LogP contribution in [0.25, 0.3) is 5.13 Å². The molecule has 0 aliphatic heterocycles. The number of hydrogen-bond donors (Lipinski definition) is 5. The first kappa shape index (κ1) is 24.0. The number of azo groups is 1. The third-order valence-corrected chi connectivity index (χ3v) is 5.61. The molecule has 170 valence electrons. The summed E-state index contributed by atoms with van der Waals surface area (Å²) < 4.78 is 1.39. The smallest absolute Gasteiger partial charge is 0.232 e. The summed E-state index contributed by atoms with van der Waals surface area (Å²) in [6, 6.07) is 4.09. The lowest BCUT2D eigenvalue weighted by Gasteiger charge is -2.14. The first-order chi connectivity index (χ1) is 16.1. The van der Waals surface area contributed by atoms with Crippen molar-refractivity contribution in [3.05, 3.63) is 27.9 Å². The van der Waals surface area contributed by atoms with Gasteiger partial charge >= 0.3 is 0 Å². The lowest BCUT2D eigenvalue weighted by atomic mass is 10.1. The van der Waals surface area contributed by atoms with Crippen LogP contribution in [0.1, 0.15) is 21.7 Å². The molecule has 0 saturated carbocycles. The van der Waals surface area contributed by atoms with Gasteiger partial charge in [0.15, 0.2) is 5.82 Å². The Morgan fingerprint density at radius 3 is 2.45 bits per heavy atom. The molecule has 3 rings (SSSR count). The van der Waals surface area contributed by atoms with Crippen molar-refractivity contribution in [3.8, 4) is 17.3 Å². The van der Waals surface area contributed by atoms with Crippen molar-refractivity contribution >= 4 is 47.1 Å². The van der Waals surface area contributed by atoms with Crippen molar-refractivity contribution in [1.82, 2.24) is 25.0 Å². The van der Waals surface area contributed by atoms with Crippen LogP contribution < -0.4 is 10.6 Å². The van der Waals surface area contributed by atoms with Crippen molar-refractivity contribution < 1.29 is 10.2 Å². The van der Waals surface area contributed by atoms with Crippen molar-refractivity contribution in [2.24, 2.45) is 10.2 Å².